The number of nitrogens with one attached hydrogen (secondary N) is 2. The van der Waals surface area contributed by atoms with Crippen LogP contribution >= 0.6 is 0 Å². The molecule has 3 aromatic carbocycles. The summed E-state index contributed by atoms with van der Waals surface area (Å²) in [5, 5.41) is 6.74. The van der Waals surface area contributed by atoms with Crippen molar-refractivity contribution in [3.8, 4) is 0 Å². The van der Waals surface area contributed by atoms with Gasteiger partial charge in [0.05, 0.1) is 31.0 Å². The van der Waals surface area contributed by atoms with Gasteiger partial charge in [0.25, 0.3) is 0 Å². The van der Waals surface area contributed by atoms with E-state index in [2.05, 4.69) is 20.1 Å². The van der Waals surface area contributed by atoms with Crippen LogP contribution in [0.25, 0.3) is 10.8 Å². The topological polar surface area (TPSA) is 111 Å². The standard InChI is InChI=1S/C22H18N2O6/c1-29-21(27)15-8-10-17(22(28)30-2)18(12-15)24-20(26)19(25)23-16-9-7-13-5-3-4-6-14(13)11-16/h3-12H,1-2H3,(H,23,25)(H,24,26). The van der Waals surface area contributed by atoms with Gasteiger partial charge in [0.2, 0.25) is 0 Å². The Morgan fingerprint density at radius 1 is 0.700 bits per heavy atom. The van der Waals surface area contributed by atoms with Crippen LogP contribution in [-0.2, 0) is 19.1 Å². The Morgan fingerprint density at radius 2 is 1.37 bits per heavy atom. The molecule has 0 unspecified atom stereocenters. The van der Waals surface area contributed by atoms with Crippen molar-refractivity contribution in [3.05, 3.63) is 71.8 Å². The molecule has 8 nitrogen and oxygen atoms in total. The van der Waals surface area contributed by atoms with Gasteiger partial charge in [0.1, 0.15) is 0 Å². The average molecular weight is 406 g/mol. The lowest BCUT2D eigenvalue weighted by molar-refractivity contribution is -0.133. The van der Waals surface area contributed by atoms with Gasteiger partial charge in [-0.25, -0.2) is 9.59 Å². The van der Waals surface area contributed by atoms with Crippen LogP contribution in [0.4, 0.5) is 11.4 Å². The van der Waals surface area contributed by atoms with Crippen LogP contribution in [0.3, 0.4) is 0 Å². The molecule has 0 saturated heterocycles. The molecule has 0 aliphatic heterocycles. The van der Waals surface area contributed by atoms with E-state index in [4.69, 9.17) is 0 Å². The minimum Gasteiger partial charge on any atom is -0.465 e. The Hall–Kier alpha value is -4.20. The average Bonchev–Trinajstić information content (AvgIpc) is 2.77. The quantitative estimate of drug-likeness (QED) is 0.509. The number of carbonyl (C=O) groups excluding carboxylic acids is 4. The number of carbonyl (C=O) groups is 4. The molecule has 0 atom stereocenters. The Bertz CT molecular complexity index is 1160. The van der Waals surface area contributed by atoms with Crippen LogP contribution in [0, 0.1) is 0 Å². The zero-order valence-electron chi connectivity index (χ0n) is 16.2. The zero-order chi connectivity index (χ0) is 21.7. The second kappa shape index (κ2) is 8.87. The molecule has 30 heavy (non-hydrogen) atoms. The van der Waals surface area contributed by atoms with Crippen LogP contribution in [0.2, 0.25) is 0 Å². The van der Waals surface area contributed by atoms with E-state index in [9.17, 15) is 19.2 Å². The lowest BCUT2D eigenvalue weighted by atomic mass is 10.1. The predicted octanol–water partition coefficient (Wildman–Crippen LogP) is 2.99. The first kappa shape index (κ1) is 20.5. The molecule has 0 radical (unpaired) electrons. The molecule has 0 aliphatic rings. The number of methoxy groups -OCH3 is 2. The molecular weight excluding hydrogens is 388 g/mol. The molecule has 0 aliphatic carbocycles. The highest BCUT2D eigenvalue weighted by Gasteiger charge is 2.20. The highest BCUT2D eigenvalue weighted by Crippen LogP contribution is 2.21. The summed E-state index contributed by atoms with van der Waals surface area (Å²) >= 11 is 0. The molecule has 0 saturated carbocycles. The van der Waals surface area contributed by atoms with Gasteiger partial charge in [-0.05, 0) is 41.1 Å². The van der Waals surface area contributed by atoms with E-state index in [0.717, 1.165) is 10.8 Å². The van der Waals surface area contributed by atoms with E-state index in [1.165, 1.54) is 32.4 Å². The van der Waals surface area contributed by atoms with E-state index in [0.29, 0.717) is 5.69 Å². The fraction of sp³-hybridized carbons (Fsp3) is 0.0909. The number of rotatable bonds is 4. The maximum atomic E-state index is 12.4. The minimum absolute atomic E-state index is 0.0167. The van der Waals surface area contributed by atoms with Gasteiger partial charge in [0.15, 0.2) is 0 Å². The fourth-order valence-corrected chi connectivity index (χ4v) is 2.81. The molecule has 3 aromatic rings. The summed E-state index contributed by atoms with van der Waals surface area (Å²) in [6.07, 6.45) is 0. The summed E-state index contributed by atoms with van der Waals surface area (Å²) in [6, 6.07) is 16.7. The summed E-state index contributed by atoms with van der Waals surface area (Å²) in [7, 11) is 2.38. The Labute approximate surface area is 171 Å². The van der Waals surface area contributed by atoms with Crippen LogP contribution < -0.4 is 10.6 Å². The maximum Gasteiger partial charge on any atom is 0.339 e. The van der Waals surface area contributed by atoms with E-state index in [1.807, 2.05) is 30.3 Å². The smallest absolute Gasteiger partial charge is 0.339 e. The van der Waals surface area contributed by atoms with Gasteiger partial charge < -0.3 is 20.1 Å². The monoisotopic (exact) mass is 406 g/mol. The molecule has 2 N–H and O–H groups in total. The van der Waals surface area contributed by atoms with Crippen molar-refractivity contribution in [1.29, 1.82) is 0 Å². The summed E-state index contributed by atoms with van der Waals surface area (Å²) in [5.41, 5.74) is 0.459. The predicted molar refractivity (Wildman–Crippen MR) is 110 cm³/mol. The molecule has 0 fully saturated rings. The van der Waals surface area contributed by atoms with Gasteiger partial charge in [-0.15, -0.1) is 0 Å². The highest BCUT2D eigenvalue weighted by molar-refractivity contribution is 6.44. The molecule has 0 aromatic heterocycles. The van der Waals surface area contributed by atoms with E-state index < -0.39 is 23.8 Å². The number of ether oxygens (including phenoxy) is 2. The van der Waals surface area contributed by atoms with Gasteiger partial charge in [-0.3, -0.25) is 9.59 Å². The van der Waals surface area contributed by atoms with Gasteiger partial charge in [-0.2, -0.15) is 0 Å². The number of amides is 2. The first-order valence-electron chi connectivity index (χ1n) is 8.84. The third-order valence-corrected chi connectivity index (χ3v) is 4.31. The van der Waals surface area contributed by atoms with Gasteiger partial charge >= 0.3 is 23.8 Å². The van der Waals surface area contributed by atoms with E-state index in [1.54, 1.807) is 12.1 Å². The van der Waals surface area contributed by atoms with Gasteiger partial charge in [-0.1, -0.05) is 30.3 Å². The lowest BCUT2D eigenvalue weighted by Gasteiger charge is -2.12. The molecule has 3 rings (SSSR count). The fourth-order valence-electron chi connectivity index (χ4n) is 2.81. The largest absolute Gasteiger partial charge is 0.465 e. The van der Waals surface area contributed by atoms with Crippen molar-refractivity contribution >= 4 is 45.9 Å². The van der Waals surface area contributed by atoms with Crippen molar-refractivity contribution in [2.24, 2.45) is 0 Å². The molecule has 8 heteroatoms. The number of hydrogen-bond acceptors (Lipinski definition) is 6. The summed E-state index contributed by atoms with van der Waals surface area (Å²) in [4.78, 5) is 48.5. The Balaban J connectivity index is 1.81. The summed E-state index contributed by atoms with van der Waals surface area (Å²) in [5.74, 6) is -3.36. The first-order chi connectivity index (χ1) is 14.4. The molecule has 0 heterocycles. The molecule has 0 spiro atoms. The normalized spacial score (nSPS) is 10.2. The number of hydrogen-bond donors (Lipinski definition) is 2. The number of esters is 2. The maximum absolute atomic E-state index is 12.4. The summed E-state index contributed by atoms with van der Waals surface area (Å²) < 4.78 is 9.31. The van der Waals surface area contributed by atoms with E-state index >= 15 is 0 Å². The van der Waals surface area contributed by atoms with Crippen molar-refractivity contribution in [1.82, 2.24) is 0 Å². The Kier molecular flexibility index (Phi) is 6.07. The van der Waals surface area contributed by atoms with Crippen molar-refractivity contribution in [2.75, 3.05) is 24.9 Å². The third kappa shape index (κ3) is 4.44. The van der Waals surface area contributed by atoms with Crippen molar-refractivity contribution in [3.63, 3.8) is 0 Å². The number of anilines is 2. The van der Waals surface area contributed by atoms with Crippen LogP contribution in [0.1, 0.15) is 20.7 Å². The third-order valence-electron chi connectivity index (χ3n) is 4.31. The molecular formula is C22H18N2O6. The molecule has 2 amide bonds. The molecule has 152 valence electrons. The second-order valence-electron chi connectivity index (χ2n) is 6.21. The van der Waals surface area contributed by atoms with Crippen LogP contribution in [-0.4, -0.2) is 38.0 Å². The highest BCUT2D eigenvalue weighted by atomic mass is 16.5. The van der Waals surface area contributed by atoms with Crippen LogP contribution in [0.5, 0.6) is 0 Å². The number of benzene rings is 3. The zero-order valence-corrected chi connectivity index (χ0v) is 16.2. The summed E-state index contributed by atoms with van der Waals surface area (Å²) in [6.45, 7) is 0. The first-order valence-corrected chi connectivity index (χ1v) is 8.84. The second-order valence-corrected chi connectivity index (χ2v) is 6.21. The van der Waals surface area contributed by atoms with E-state index in [-0.39, 0.29) is 16.8 Å². The van der Waals surface area contributed by atoms with Crippen LogP contribution in [0.15, 0.2) is 60.7 Å². The minimum atomic E-state index is -1.02. The number of fused-ring (bicyclic) bond motifs is 1. The van der Waals surface area contributed by atoms with Crippen molar-refractivity contribution < 1.29 is 28.7 Å². The van der Waals surface area contributed by atoms with Gasteiger partial charge in [0, 0.05) is 5.69 Å². The lowest BCUT2D eigenvalue weighted by Crippen LogP contribution is -2.30. The van der Waals surface area contributed by atoms with Crippen molar-refractivity contribution in [2.45, 2.75) is 0 Å². The molecule has 0 bridgehead atoms. The SMILES string of the molecule is COC(=O)c1ccc(C(=O)OC)c(NC(=O)C(=O)Nc2ccc3ccccc3c2)c1. The Morgan fingerprint density at radius 3 is 2.07 bits per heavy atom.